The van der Waals surface area contributed by atoms with Gasteiger partial charge in [-0.2, -0.15) is 0 Å². The fourth-order valence-electron chi connectivity index (χ4n) is 1.11. The van der Waals surface area contributed by atoms with Crippen molar-refractivity contribution in [1.82, 2.24) is 9.97 Å². The van der Waals surface area contributed by atoms with Gasteiger partial charge in [0, 0.05) is 19.2 Å². The fourth-order valence-corrected chi connectivity index (χ4v) is 1.11. The van der Waals surface area contributed by atoms with E-state index in [4.69, 9.17) is 0 Å². The second kappa shape index (κ2) is 5.36. The lowest BCUT2D eigenvalue weighted by Crippen LogP contribution is -2.08. The van der Waals surface area contributed by atoms with Gasteiger partial charge in [0.25, 0.3) is 0 Å². The largest absolute Gasteiger partial charge is 0.370 e. The van der Waals surface area contributed by atoms with Crippen LogP contribution in [0.2, 0.25) is 0 Å². The Hall–Kier alpha value is -1.39. The molecule has 0 aromatic carbocycles. The average molecular weight is 198 g/mol. The molecule has 0 saturated carbocycles. The summed E-state index contributed by atoms with van der Waals surface area (Å²) in [6.45, 7) is 4.48. The number of nitrogens with zero attached hydrogens (tertiary/aromatic N) is 2. The van der Waals surface area contributed by atoms with Crippen LogP contribution in [-0.2, 0) is 0 Å². The third-order valence-corrected chi connectivity index (χ3v) is 1.60. The normalized spacial score (nSPS) is 9.93. The standard InChI is InChI=1S/C9H15FN4/c1-3-11-8-6-9(12-5-4-10)14-7(2)13-8/h6H,3-5H2,1-2H3,(H2,11,12,13,14). The first-order valence-electron chi connectivity index (χ1n) is 4.65. The lowest BCUT2D eigenvalue weighted by Gasteiger charge is -2.07. The van der Waals surface area contributed by atoms with Crippen molar-refractivity contribution in [3.05, 3.63) is 11.9 Å². The molecule has 0 bridgehead atoms. The van der Waals surface area contributed by atoms with Crippen LogP contribution in [0.4, 0.5) is 16.0 Å². The molecular formula is C9H15FN4. The highest BCUT2D eigenvalue weighted by Gasteiger charge is 1.99. The monoisotopic (exact) mass is 198 g/mol. The molecule has 1 heterocycles. The molecule has 78 valence electrons. The molecule has 1 aromatic heterocycles. The van der Waals surface area contributed by atoms with Gasteiger partial charge >= 0.3 is 0 Å². The van der Waals surface area contributed by atoms with Crippen LogP contribution < -0.4 is 10.6 Å². The van der Waals surface area contributed by atoms with E-state index in [1.165, 1.54) is 0 Å². The van der Waals surface area contributed by atoms with E-state index >= 15 is 0 Å². The van der Waals surface area contributed by atoms with Crippen LogP contribution >= 0.6 is 0 Å². The fraction of sp³-hybridized carbons (Fsp3) is 0.556. The molecule has 0 aliphatic heterocycles. The molecule has 0 amide bonds. The highest BCUT2D eigenvalue weighted by molar-refractivity contribution is 5.47. The van der Waals surface area contributed by atoms with E-state index in [2.05, 4.69) is 20.6 Å². The van der Waals surface area contributed by atoms with E-state index in [-0.39, 0.29) is 6.54 Å². The molecule has 0 aliphatic rings. The Morgan fingerprint density at radius 3 is 2.50 bits per heavy atom. The van der Waals surface area contributed by atoms with Gasteiger partial charge in [-0.3, -0.25) is 0 Å². The van der Waals surface area contributed by atoms with Gasteiger partial charge in [-0.25, -0.2) is 14.4 Å². The number of halogens is 1. The molecule has 2 N–H and O–H groups in total. The van der Waals surface area contributed by atoms with Gasteiger partial charge in [-0.15, -0.1) is 0 Å². The lowest BCUT2D eigenvalue weighted by atomic mass is 10.4. The van der Waals surface area contributed by atoms with Crippen molar-refractivity contribution in [1.29, 1.82) is 0 Å². The second-order valence-corrected chi connectivity index (χ2v) is 2.83. The molecule has 0 saturated heterocycles. The molecule has 0 aliphatic carbocycles. The zero-order chi connectivity index (χ0) is 10.4. The number of nitrogens with one attached hydrogen (secondary N) is 2. The molecule has 0 fully saturated rings. The van der Waals surface area contributed by atoms with Crippen molar-refractivity contribution in [2.75, 3.05) is 30.4 Å². The molecule has 14 heavy (non-hydrogen) atoms. The van der Waals surface area contributed by atoms with Crippen LogP contribution in [0.15, 0.2) is 6.07 Å². The highest BCUT2D eigenvalue weighted by atomic mass is 19.1. The van der Waals surface area contributed by atoms with Crippen LogP contribution in [0.25, 0.3) is 0 Å². The van der Waals surface area contributed by atoms with Gasteiger partial charge in [0.2, 0.25) is 0 Å². The zero-order valence-electron chi connectivity index (χ0n) is 8.47. The van der Waals surface area contributed by atoms with Crippen molar-refractivity contribution in [2.24, 2.45) is 0 Å². The van der Waals surface area contributed by atoms with Crippen LogP contribution in [0.3, 0.4) is 0 Å². The average Bonchev–Trinajstić information content (AvgIpc) is 2.14. The Labute approximate surface area is 83.0 Å². The summed E-state index contributed by atoms with van der Waals surface area (Å²) in [5.41, 5.74) is 0. The van der Waals surface area contributed by atoms with Crippen molar-refractivity contribution in [3.8, 4) is 0 Å². The first-order valence-corrected chi connectivity index (χ1v) is 4.65. The van der Waals surface area contributed by atoms with Crippen LogP contribution in [0, 0.1) is 6.92 Å². The van der Waals surface area contributed by atoms with E-state index in [9.17, 15) is 4.39 Å². The Bertz CT molecular complexity index is 290. The molecule has 0 unspecified atom stereocenters. The molecule has 4 nitrogen and oxygen atoms in total. The van der Waals surface area contributed by atoms with E-state index in [0.29, 0.717) is 11.6 Å². The first kappa shape index (κ1) is 10.7. The maximum absolute atomic E-state index is 11.9. The summed E-state index contributed by atoms with van der Waals surface area (Å²) < 4.78 is 11.9. The number of aromatic nitrogens is 2. The molecule has 0 radical (unpaired) electrons. The third-order valence-electron chi connectivity index (χ3n) is 1.60. The first-order chi connectivity index (χ1) is 6.76. The topological polar surface area (TPSA) is 49.8 Å². The SMILES string of the molecule is CCNc1cc(NCCF)nc(C)n1. The predicted octanol–water partition coefficient (Wildman–Crippen LogP) is 1.60. The summed E-state index contributed by atoms with van der Waals surface area (Å²) >= 11 is 0. The van der Waals surface area contributed by atoms with Crippen LogP contribution in [0.1, 0.15) is 12.7 Å². The van der Waals surface area contributed by atoms with E-state index in [1.807, 2.05) is 13.8 Å². The van der Waals surface area contributed by atoms with Gasteiger partial charge in [0.15, 0.2) is 0 Å². The van der Waals surface area contributed by atoms with Crippen LogP contribution in [0.5, 0.6) is 0 Å². The number of alkyl halides is 1. The maximum atomic E-state index is 11.9. The van der Waals surface area contributed by atoms with Crippen molar-refractivity contribution in [2.45, 2.75) is 13.8 Å². The summed E-state index contributed by atoms with van der Waals surface area (Å²) in [6, 6.07) is 1.77. The van der Waals surface area contributed by atoms with Gasteiger partial charge in [-0.1, -0.05) is 0 Å². The Morgan fingerprint density at radius 1 is 1.29 bits per heavy atom. The minimum atomic E-state index is -0.403. The Kier molecular flexibility index (Phi) is 4.10. The quantitative estimate of drug-likeness (QED) is 0.754. The Morgan fingerprint density at radius 2 is 1.93 bits per heavy atom. The minimum absolute atomic E-state index is 0.280. The van der Waals surface area contributed by atoms with E-state index < -0.39 is 6.67 Å². The number of anilines is 2. The molecule has 0 spiro atoms. The minimum Gasteiger partial charge on any atom is -0.370 e. The molecule has 5 heteroatoms. The summed E-state index contributed by atoms with van der Waals surface area (Å²) in [7, 11) is 0. The predicted molar refractivity (Wildman–Crippen MR) is 55.4 cm³/mol. The number of aryl methyl sites for hydroxylation is 1. The summed E-state index contributed by atoms with van der Waals surface area (Å²) in [4.78, 5) is 8.30. The summed E-state index contributed by atoms with van der Waals surface area (Å²) in [6.07, 6.45) is 0. The number of rotatable bonds is 5. The smallest absolute Gasteiger partial charge is 0.131 e. The van der Waals surface area contributed by atoms with Crippen LogP contribution in [-0.4, -0.2) is 29.7 Å². The van der Waals surface area contributed by atoms with E-state index in [0.717, 1.165) is 12.4 Å². The molecule has 0 atom stereocenters. The summed E-state index contributed by atoms with van der Waals surface area (Å²) in [5.74, 6) is 2.09. The van der Waals surface area contributed by atoms with Crippen molar-refractivity contribution < 1.29 is 4.39 Å². The van der Waals surface area contributed by atoms with Gasteiger partial charge in [-0.05, 0) is 13.8 Å². The molecule has 1 rings (SSSR count). The van der Waals surface area contributed by atoms with Crippen molar-refractivity contribution >= 4 is 11.6 Å². The molecule has 1 aromatic rings. The van der Waals surface area contributed by atoms with Gasteiger partial charge < -0.3 is 10.6 Å². The molecular weight excluding hydrogens is 183 g/mol. The lowest BCUT2D eigenvalue weighted by molar-refractivity contribution is 0.512. The van der Waals surface area contributed by atoms with E-state index in [1.54, 1.807) is 6.07 Å². The maximum Gasteiger partial charge on any atom is 0.131 e. The third kappa shape index (κ3) is 3.16. The van der Waals surface area contributed by atoms with Gasteiger partial charge in [0.1, 0.15) is 24.1 Å². The Balaban J connectivity index is 2.73. The van der Waals surface area contributed by atoms with Gasteiger partial charge in [0.05, 0.1) is 0 Å². The zero-order valence-corrected chi connectivity index (χ0v) is 8.47. The summed E-state index contributed by atoms with van der Waals surface area (Å²) in [5, 5.41) is 5.95. The van der Waals surface area contributed by atoms with Crippen molar-refractivity contribution in [3.63, 3.8) is 0 Å². The number of hydrogen-bond donors (Lipinski definition) is 2. The second-order valence-electron chi connectivity index (χ2n) is 2.83. The highest BCUT2D eigenvalue weighted by Crippen LogP contribution is 2.10. The number of hydrogen-bond acceptors (Lipinski definition) is 4.